The molecule has 0 bridgehead atoms. The molecule has 0 aliphatic carbocycles. The summed E-state index contributed by atoms with van der Waals surface area (Å²) in [5.41, 5.74) is 2.98. The standard InChI is InChI=1S/C20H30BNO2S/c1-19(2)20(3,4)24-21(23-19)18(15-25)13-16-8-7-9-17(12-16)14-22-10-5-6-11-22/h7-9,12-13,25H,5-6,10-11,14-15H2,1-4H3. The number of nitrogens with zero attached hydrogens (tertiary/aromatic N) is 1. The average Bonchev–Trinajstić information content (AvgIpc) is 3.11. The molecule has 3 nitrogen and oxygen atoms in total. The highest BCUT2D eigenvalue weighted by Crippen LogP contribution is 2.39. The minimum Gasteiger partial charge on any atom is -0.400 e. The van der Waals surface area contributed by atoms with Crippen LogP contribution in [-0.4, -0.2) is 42.1 Å². The number of likely N-dealkylation sites (tertiary alicyclic amines) is 1. The third-order valence-corrected chi connectivity index (χ3v) is 6.01. The van der Waals surface area contributed by atoms with E-state index in [9.17, 15) is 0 Å². The van der Waals surface area contributed by atoms with Crippen LogP contribution in [0.5, 0.6) is 0 Å². The van der Waals surface area contributed by atoms with Crippen LogP contribution in [0.3, 0.4) is 0 Å². The lowest BCUT2D eigenvalue weighted by Crippen LogP contribution is -2.41. The first kappa shape index (κ1) is 19.0. The molecule has 1 aromatic rings. The Labute approximate surface area is 158 Å². The lowest BCUT2D eigenvalue weighted by molar-refractivity contribution is 0.00578. The van der Waals surface area contributed by atoms with Gasteiger partial charge in [0.05, 0.1) is 11.2 Å². The summed E-state index contributed by atoms with van der Waals surface area (Å²) in [6.07, 6.45) is 4.82. The summed E-state index contributed by atoms with van der Waals surface area (Å²) in [7, 11) is -0.329. The van der Waals surface area contributed by atoms with Gasteiger partial charge in [0.15, 0.2) is 0 Å². The zero-order valence-electron chi connectivity index (χ0n) is 15.9. The monoisotopic (exact) mass is 359 g/mol. The molecule has 2 heterocycles. The van der Waals surface area contributed by atoms with Gasteiger partial charge in [0, 0.05) is 12.3 Å². The van der Waals surface area contributed by atoms with E-state index in [2.05, 4.69) is 75.6 Å². The number of thiol groups is 1. The van der Waals surface area contributed by atoms with Crippen molar-refractivity contribution in [3.63, 3.8) is 0 Å². The molecule has 2 aliphatic rings. The molecule has 0 unspecified atom stereocenters. The number of hydrogen-bond donors (Lipinski definition) is 1. The van der Waals surface area contributed by atoms with Crippen LogP contribution in [0.25, 0.3) is 6.08 Å². The van der Waals surface area contributed by atoms with E-state index >= 15 is 0 Å². The van der Waals surface area contributed by atoms with Gasteiger partial charge in [-0.3, -0.25) is 4.90 Å². The Balaban J connectivity index is 1.76. The van der Waals surface area contributed by atoms with Gasteiger partial charge in [0.1, 0.15) is 0 Å². The van der Waals surface area contributed by atoms with E-state index in [0.29, 0.717) is 5.75 Å². The molecule has 2 fully saturated rings. The Morgan fingerprint density at radius 2 is 1.80 bits per heavy atom. The first-order chi connectivity index (χ1) is 11.8. The molecular weight excluding hydrogens is 329 g/mol. The van der Waals surface area contributed by atoms with Gasteiger partial charge in [0.2, 0.25) is 0 Å². The summed E-state index contributed by atoms with van der Waals surface area (Å²) in [6, 6.07) is 8.76. The summed E-state index contributed by atoms with van der Waals surface area (Å²) in [5.74, 6) is 0.618. The summed E-state index contributed by atoms with van der Waals surface area (Å²) in [5, 5.41) is 0. The molecule has 0 saturated carbocycles. The van der Waals surface area contributed by atoms with Gasteiger partial charge in [-0.05, 0) is 70.2 Å². The Bertz CT molecular complexity index is 622. The van der Waals surface area contributed by atoms with Crippen LogP contribution in [0, 0.1) is 0 Å². The second-order valence-electron chi connectivity index (χ2n) is 8.19. The quantitative estimate of drug-likeness (QED) is 0.628. The molecule has 3 rings (SSSR count). The number of hydrogen-bond acceptors (Lipinski definition) is 4. The topological polar surface area (TPSA) is 21.7 Å². The van der Waals surface area contributed by atoms with Crippen molar-refractivity contribution in [1.82, 2.24) is 4.90 Å². The van der Waals surface area contributed by atoms with Crippen molar-refractivity contribution in [3.05, 3.63) is 40.9 Å². The lowest BCUT2D eigenvalue weighted by atomic mass is 9.78. The van der Waals surface area contributed by atoms with Gasteiger partial charge in [-0.15, -0.1) is 0 Å². The Kier molecular flexibility index (Phi) is 5.69. The van der Waals surface area contributed by atoms with Crippen molar-refractivity contribution in [3.8, 4) is 0 Å². The second kappa shape index (κ2) is 7.47. The summed E-state index contributed by atoms with van der Waals surface area (Å²) < 4.78 is 12.4. The van der Waals surface area contributed by atoms with Crippen LogP contribution in [0.4, 0.5) is 0 Å². The third kappa shape index (κ3) is 4.33. The van der Waals surface area contributed by atoms with Crippen LogP contribution in [0.15, 0.2) is 29.7 Å². The van der Waals surface area contributed by atoms with Crippen molar-refractivity contribution in [2.45, 2.75) is 58.3 Å². The fourth-order valence-electron chi connectivity index (χ4n) is 3.38. The lowest BCUT2D eigenvalue weighted by Gasteiger charge is -2.32. The van der Waals surface area contributed by atoms with Crippen LogP contribution in [0.1, 0.15) is 51.7 Å². The largest absolute Gasteiger partial charge is 0.491 e. The maximum absolute atomic E-state index is 6.18. The Morgan fingerprint density at radius 1 is 1.16 bits per heavy atom. The van der Waals surface area contributed by atoms with E-state index in [1.807, 2.05) is 0 Å². The highest BCUT2D eigenvalue weighted by Gasteiger charge is 2.52. The number of benzene rings is 1. The van der Waals surface area contributed by atoms with Crippen molar-refractivity contribution in [2.75, 3.05) is 18.8 Å². The average molecular weight is 359 g/mol. The van der Waals surface area contributed by atoms with Crippen molar-refractivity contribution < 1.29 is 9.31 Å². The first-order valence-corrected chi connectivity index (χ1v) is 9.92. The first-order valence-electron chi connectivity index (χ1n) is 9.29. The van der Waals surface area contributed by atoms with Crippen molar-refractivity contribution in [2.24, 2.45) is 0 Å². The fourth-order valence-corrected chi connectivity index (χ4v) is 3.62. The molecule has 136 valence electrons. The molecule has 25 heavy (non-hydrogen) atoms. The van der Waals surface area contributed by atoms with Crippen LogP contribution in [-0.2, 0) is 15.9 Å². The van der Waals surface area contributed by atoms with Crippen LogP contribution < -0.4 is 0 Å². The van der Waals surface area contributed by atoms with Gasteiger partial charge in [0.25, 0.3) is 0 Å². The summed E-state index contributed by atoms with van der Waals surface area (Å²) >= 11 is 4.52. The highest BCUT2D eigenvalue weighted by atomic mass is 32.1. The van der Waals surface area contributed by atoms with E-state index < -0.39 is 0 Å². The maximum atomic E-state index is 6.18. The predicted molar refractivity (Wildman–Crippen MR) is 109 cm³/mol. The SMILES string of the molecule is CC1(C)OB(C(=Cc2cccc(CN3CCCC3)c2)CS)OC1(C)C. The second-order valence-corrected chi connectivity index (χ2v) is 8.51. The Hall–Kier alpha value is -0.745. The smallest absolute Gasteiger partial charge is 0.400 e. The third-order valence-electron chi connectivity index (χ3n) is 5.65. The minimum atomic E-state index is -0.329. The van der Waals surface area contributed by atoms with Crippen molar-refractivity contribution >= 4 is 25.8 Å². The van der Waals surface area contributed by atoms with Gasteiger partial charge in [-0.2, -0.15) is 12.6 Å². The van der Waals surface area contributed by atoms with E-state index in [0.717, 1.165) is 12.0 Å². The molecule has 2 aliphatic heterocycles. The molecule has 0 aromatic heterocycles. The normalized spacial score (nSPS) is 23.4. The van der Waals surface area contributed by atoms with E-state index in [-0.39, 0.29) is 18.3 Å². The highest BCUT2D eigenvalue weighted by molar-refractivity contribution is 7.80. The molecule has 0 radical (unpaired) electrons. The molecule has 5 heteroatoms. The van der Waals surface area contributed by atoms with Crippen LogP contribution >= 0.6 is 12.6 Å². The molecule has 0 spiro atoms. The van der Waals surface area contributed by atoms with Gasteiger partial charge in [-0.1, -0.05) is 30.3 Å². The molecule has 1 aromatic carbocycles. The molecule has 0 N–H and O–H groups in total. The van der Waals surface area contributed by atoms with E-state index in [4.69, 9.17) is 9.31 Å². The number of rotatable bonds is 5. The van der Waals surface area contributed by atoms with Gasteiger partial charge in [-0.25, -0.2) is 0 Å². The van der Waals surface area contributed by atoms with E-state index in [1.165, 1.54) is 37.1 Å². The molecule has 2 saturated heterocycles. The predicted octanol–water partition coefficient (Wildman–Crippen LogP) is 4.23. The molecular formula is C20H30BNO2S. The molecule has 0 atom stereocenters. The van der Waals surface area contributed by atoms with Crippen LogP contribution in [0.2, 0.25) is 0 Å². The van der Waals surface area contributed by atoms with Crippen molar-refractivity contribution in [1.29, 1.82) is 0 Å². The maximum Gasteiger partial charge on any atom is 0.491 e. The fraction of sp³-hybridized carbons (Fsp3) is 0.600. The molecule has 0 amide bonds. The van der Waals surface area contributed by atoms with E-state index in [1.54, 1.807) is 0 Å². The summed E-state index contributed by atoms with van der Waals surface area (Å²) in [6.45, 7) is 11.8. The summed E-state index contributed by atoms with van der Waals surface area (Å²) in [4.78, 5) is 2.52. The van der Waals surface area contributed by atoms with Gasteiger partial charge >= 0.3 is 7.12 Å². The minimum absolute atomic E-state index is 0.322. The zero-order valence-corrected chi connectivity index (χ0v) is 16.8. The Morgan fingerprint density at radius 3 is 2.40 bits per heavy atom. The van der Waals surface area contributed by atoms with Gasteiger partial charge < -0.3 is 9.31 Å². The zero-order chi connectivity index (χ0) is 18.1.